The minimum absolute atomic E-state index is 0.316. The van der Waals surface area contributed by atoms with E-state index >= 15 is 0 Å². The fraction of sp³-hybridized carbons (Fsp3) is 0.350. The maximum absolute atomic E-state index is 11.5. The van der Waals surface area contributed by atoms with Gasteiger partial charge in [-0.05, 0) is 43.2 Å². The Kier molecular flexibility index (Phi) is 7.24. The van der Waals surface area contributed by atoms with Crippen LogP contribution in [0.5, 0.6) is 5.75 Å². The first-order chi connectivity index (χ1) is 12.8. The predicted octanol–water partition coefficient (Wildman–Crippen LogP) is 2.66. The Labute approximate surface area is 161 Å². The molecule has 2 rings (SSSR count). The number of benzene rings is 2. The number of hydrogen-bond acceptors (Lipinski definition) is 4. The molecule has 146 valence electrons. The lowest BCUT2D eigenvalue weighted by molar-refractivity contribution is 0.336. The zero-order valence-electron chi connectivity index (χ0n) is 16.2. The fourth-order valence-electron chi connectivity index (χ4n) is 2.54. The molecule has 0 fully saturated rings. The van der Waals surface area contributed by atoms with E-state index in [0.29, 0.717) is 30.6 Å². The number of aliphatic imine (C=N–C) groups is 1. The van der Waals surface area contributed by atoms with Gasteiger partial charge in [0.15, 0.2) is 15.8 Å². The maximum atomic E-state index is 11.5. The molecule has 0 saturated carbocycles. The summed E-state index contributed by atoms with van der Waals surface area (Å²) in [5.74, 6) is 1.53. The van der Waals surface area contributed by atoms with Crippen LogP contribution >= 0.6 is 0 Å². The number of sulfone groups is 1. The summed E-state index contributed by atoms with van der Waals surface area (Å²) in [7, 11) is -1.47. The summed E-state index contributed by atoms with van der Waals surface area (Å²) >= 11 is 0. The van der Waals surface area contributed by atoms with Gasteiger partial charge in [-0.2, -0.15) is 0 Å². The Morgan fingerprint density at radius 3 is 2.33 bits per heavy atom. The van der Waals surface area contributed by atoms with E-state index in [4.69, 9.17) is 4.74 Å². The second-order valence-corrected chi connectivity index (χ2v) is 8.26. The van der Waals surface area contributed by atoms with Crippen molar-refractivity contribution in [3.8, 4) is 5.75 Å². The van der Waals surface area contributed by atoms with E-state index in [-0.39, 0.29) is 0 Å². The van der Waals surface area contributed by atoms with E-state index in [1.807, 2.05) is 26.0 Å². The second-order valence-electron chi connectivity index (χ2n) is 6.24. The van der Waals surface area contributed by atoms with E-state index in [1.54, 1.807) is 31.3 Å². The van der Waals surface area contributed by atoms with Crippen molar-refractivity contribution in [3.05, 3.63) is 59.2 Å². The third kappa shape index (κ3) is 6.29. The summed E-state index contributed by atoms with van der Waals surface area (Å²) in [4.78, 5) is 4.54. The van der Waals surface area contributed by atoms with Crippen molar-refractivity contribution in [1.29, 1.82) is 0 Å². The Hall–Kier alpha value is -2.54. The standard InChI is InChI=1S/C20H27N3O3S/c1-5-26-19-12-15(2)6-9-17(19)14-23-20(21-3)22-13-16-7-10-18(11-8-16)27(4,24)25/h6-12H,5,13-14H2,1-4H3,(H2,21,22,23). The van der Waals surface area contributed by atoms with E-state index in [1.165, 1.54) is 6.26 Å². The molecular weight excluding hydrogens is 362 g/mol. The van der Waals surface area contributed by atoms with Gasteiger partial charge in [-0.1, -0.05) is 24.3 Å². The molecular formula is C20H27N3O3S. The molecule has 0 atom stereocenters. The number of nitrogens with one attached hydrogen (secondary N) is 2. The van der Waals surface area contributed by atoms with Gasteiger partial charge in [0.05, 0.1) is 11.5 Å². The molecule has 0 unspecified atom stereocenters. The normalized spacial score (nSPS) is 11.9. The number of aryl methyl sites for hydroxylation is 1. The van der Waals surface area contributed by atoms with Crippen molar-refractivity contribution in [2.75, 3.05) is 19.9 Å². The topological polar surface area (TPSA) is 79.8 Å². The molecule has 0 saturated heterocycles. The van der Waals surface area contributed by atoms with Gasteiger partial charge in [-0.3, -0.25) is 4.99 Å². The summed E-state index contributed by atoms with van der Waals surface area (Å²) in [6.45, 7) is 5.75. The average Bonchev–Trinajstić information content (AvgIpc) is 2.63. The van der Waals surface area contributed by atoms with Crippen LogP contribution in [0.3, 0.4) is 0 Å². The van der Waals surface area contributed by atoms with Crippen molar-refractivity contribution in [2.24, 2.45) is 4.99 Å². The third-order valence-electron chi connectivity index (χ3n) is 4.00. The smallest absolute Gasteiger partial charge is 0.191 e. The Balaban J connectivity index is 1.95. The number of ether oxygens (including phenoxy) is 1. The SMILES string of the molecule is CCOc1cc(C)ccc1CNC(=NC)NCc1ccc(S(C)(=O)=O)cc1. The molecule has 2 N–H and O–H groups in total. The molecule has 0 aliphatic rings. The molecule has 0 aromatic heterocycles. The Morgan fingerprint density at radius 2 is 1.74 bits per heavy atom. The van der Waals surface area contributed by atoms with Gasteiger partial charge in [-0.25, -0.2) is 8.42 Å². The molecule has 0 radical (unpaired) electrons. The lowest BCUT2D eigenvalue weighted by Gasteiger charge is -2.15. The lowest BCUT2D eigenvalue weighted by atomic mass is 10.1. The van der Waals surface area contributed by atoms with Crippen LogP contribution in [-0.2, 0) is 22.9 Å². The molecule has 0 spiro atoms. The molecule has 2 aromatic carbocycles. The van der Waals surface area contributed by atoms with Crippen molar-refractivity contribution in [2.45, 2.75) is 31.8 Å². The predicted molar refractivity (Wildman–Crippen MR) is 109 cm³/mol. The number of rotatable bonds is 7. The molecule has 27 heavy (non-hydrogen) atoms. The monoisotopic (exact) mass is 389 g/mol. The molecule has 0 amide bonds. The summed E-state index contributed by atoms with van der Waals surface area (Å²) < 4.78 is 28.7. The van der Waals surface area contributed by atoms with Crippen LogP contribution in [0.4, 0.5) is 0 Å². The van der Waals surface area contributed by atoms with Crippen molar-refractivity contribution in [1.82, 2.24) is 10.6 Å². The van der Waals surface area contributed by atoms with Crippen molar-refractivity contribution >= 4 is 15.8 Å². The van der Waals surface area contributed by atoms with Gasteiger partial charge in [0.2, 0.25) is 0 Å². The molecule has 0 aliphatic heterocycles. The van der Waals surface area contributed by atoms with E-state index < -0.39 is 9.84 Å². The second kappa shape index (κ2) is 9.41. The number of nitrogens with zero attached hydrogens (tertiary/aromatic N) is 1. The Morgan fingerprint density at radius 1 is 1.07 bits per heavy atom. The molecule has 0 bridgehead atoms. The highest BCUT2D eigenvalue weighted by Crippen LogP contribution is 2.20. The van der Waals surface area contributed by atoms with E-state index in [9.17, 15) is 8.42 Å². The number of guanidine groups is 1. The van der Waals surface area contributed by atoms with Gasteiger partial charge >= 0.3 is 0 Å². The van der Waals surface area contributed by atoms with Crippen LogP contribution in [0, 0.1) is 6.92 Å². The highest BCUT2D eigenvalue weighted by Gasteiger charge is 2.07. The van der Waals surface area contributed by atoms with Crippen molar-refractivity contribution < 1.29 is 13.2 Å². The molecule has 0 heterocycles. The van der Waals surface area contributed by atoms with Crippen LogP contribution in [0.1, 0.15) is 23.6 Å². The van der Waals surface area contributed by atoms with Gasteiger partial charge in [0.1, 0.15) is 5.75 Å². The first kappa shape index (κ1) is 20.8. The fourth-order valence-corrected chi connectivity index (χ4v) is 3.17. The highest BCUT2D eigenvalue weighted by atomic mass is 32.2. The summed E-state index contributed by atoms with van der Waals surface area (Å²) in [6.07, 6.45) is 1.20. The van der Waals surface area contributed by atoms with Crippen LogP contribution in [-0.4, -0.2) is 34.3 Å². The van der Waals surface area contributed by atoms with Crippen molar-refractivity contribution in [3.63, 3.8) is 0 Å². The third-order valence-corrected chi connectivity index (χ3v) is 5.13. The van der Waals surface area contributed by atoms with Gasteiger partial charge in [0.25, 0.3) is 0 Å². The maximum Gasteiger partial charge on any atom is 0.191 e. The largest absolute Gasteiger partial charge is 0.494 e. The summed E-state index contributed by atoms with van der Waals surface area (Å²) in [6, 6.07) is 12.9. The minimum atomic E-state index is -3.18. The van der Waals surface area contributed by atoms with Gasteiger partial charge in [-0.15, -0.1) is 0 Å². The first-order valence-electron chi connectivity index (χ1n) is 8.79. The van der Waals surface area contributed by atoms with Crippen LogP contribution in [0.25, 0.3) is 0 Å². The van der Waals surface area contributed by atoms with Gasteiger partial charge in [0, 0.05) is 32.0 Å². The Bertz CT molecular complexity index is 891. The summed E-state index contributed by atoms with van der Waals surface area (Å²) in [5.41, 5.74) is 3.18. The average molecular weight is 390 g/mol. The lowest BCUT2D eigenvalue weighted by Crippen LogP contribution is -2.36. The summed E-state index contributed by atoms with van der Waals surface area (Å²) in [5, 5.41) is 6.50. The van der Waals surface area contributed by atoms with Crippen LogP contribution in [0.2, 0.25) is 0 Å². The molecule has 6 nitrogen and oxygen atoms in total. The quantitative estimate of drug-likeness (QED) is 0.562. The van der Waals surface area contributed by atoms with Crippen LogP contribution < -0.4 is 15.4 Å². The van der Waals surface area contributed by atoms with Crippen LogP contribution in [0.15, 0.2) is 52.4 Å². The molecule has 0 aliphatic carbocycles. The zero-order valence-corrected chi connectivity index (χ0v) is 17.1. The van der Waals surface area contributed by atoms with E-state index in [0.717, 1.165) is 22.4 Å². The van der Waals surface area contributed by atoms with Gasteiger partial charge < -0.3 is 15.4 Å². The molecule has 2 aromatic rings. The molecule has 7 heteroatoms. The number of hydrogen-bond donors (Lipinski definition) is 2. The van der Waals surface area contributed by atoms with E-state index in [2.05, 4.69) is 21.7 Å². The highest BCUT2D eigenvalue weighted by molar-refractivity contribution is 7.90. The zero-order chi connectivity index (χ0) is 19.9. The minimum Gasteiger partial charge on any atom is -0.494 e. The first-order valence-corrected chi connectivity index (χ1v) is 10.7.